The average Bonchev–Trinajstić information content (AvgIpc) is 3.51. The molecule has 146 valence electrons. The van der Waals surface area contributed by atoms with Crippen molar-refractivity contribution in [3.8, 4) is 11.5 Å². The minimum atomic E-state index is -0.338. The van der Waals surface area contributed by atoms with E-state index in [1.54, 1.807) is 42.5 Å². The van der Waals surface area contributed by atoms with Crippen LogP contribution in [0, 0.1) is 0 Å². The van der Waals surface area contributed by atoms with Crippen LogP contribution >= 0.6 is 11.6 Å². The topological polar surface area (TPSA) is 76.7 Å². The first-order valence-electron chi connectivity index (χ1n) is 8.81. The van der Waals surface area contributed by atoms with E-state index >= 15 is 0 Å². The largest absolute Gasteiger partial charge is 0.495 e. The fourth-order valence-electron chi connectivity index (χ4n) is 2.55. The third kappa shape index (κ3) is 5.04. The lowest BCUT2D eigenvalue weighted by atomic mass is 10.1. The first kappa shape index (κ1) is 19.8. The molecule has 0 heterocycles. The summed E-state index contributed by atoms with van der Waals surface area (Å²) in [5.74, 6) is 0.487. The third-order valence-corrected chi connectivity index (χ3v) is 4.54. The molecule has 1 aliphatic rings. The molecule has 0 bridgehead atoms. The quantitative estimate of drug-likeness (QED) is 0.691. The van der Waals surface area contributed by atoms with Gasteiger partial charge in [0.25, 0.3) is 5.91 Å². The molecule has 0 aromatic heterocycles. The van der Waals surface area contributed by atoms with Crippen molar-refractivity contribution in [2.45, 2.75) is 18.9 Å². The maximum atomic E-state index is 12.2. The molecule has 0 saturated heterocycles. The molecule has 0 radical (unpaired) electrons. The number of benzene rings is 2. The van der Waals surface area contributed by atoms with Gasteiger partial charge in [-0.25, -0.2) is 0 Å². The van der Waals surface area contributed by atoms with Gasteiger partial charge < -0.3 is 20.1 Å². The standard InChI is InChI=1S/C21H21ClN2O4/c1-27-18-12-19(28-2)17(11-16(18)22)24-20(25)10-5-13-3-6-14(7-4-13)21(26)23-15-8-9-15/h3-7,10-12,15H,8-9H2,1-2H3,(H,23,26)(H,24,25)/b10-5+. The Labute approximate surface area is 168 Å². The maximum absolute atomic E-state index is 12.2. The van der Waals surface area contributed by atoms with Crippen molar-refractivity contribution in [1.82, 2.24) is 5.32 Å². The summed E-state index contributed by atoms with van der Waals surface area (Å²) >= 11 is 6.11. The number of anilines is 1. The van der Waals surface area contributed by atoms with Crippen LogP contribution in [0.5, 0.6) is 11.5 Å². The van der Waals surface area contributed by atoms with Crippen molar-refractivity contribution >= 4 is 35.2 Å². The first-order chi connectivity index (χ1) is 13.5. The average molecular weight is 401 g/mol. The highest BCUT2D eigenvalue weighted by molar-refractivity contribution is 6.32. The summed E-state index contributed by atoms with van der Waals surface area (Å²) in [7, 11) is 3.00. The van der Waals surface area contributed by atoms with Crippen LogP contribution in [0.15, 0.2) is 42.5 Å². The van der Waals surface area contributed by atoms with E-state index in [1.165, 1.54) is 20.3 Å². The van der Waals surface area contributed by atoms with Gasteiger partial charge in [-0.1, -0.05) is 23.7 Å². The van der Waals surface area contributed by atoms with Gasteiger partial charge in [0.15, 0.2) is 0 Å². The van der Waals surface area contributed by atoms with Crippen molar-refractivity contribution in [3.63, 3.8) is 0 Å². The smallest absolute Gasteiger partial charge is 0.251 e. The van der Waals surface area contributed by atoms with Crippen LogP contribution in [0.4, 0.5) is 5.69 Å². The number of carbonyl (C=O) groups is 2. The SMILES string of the molecule is COc1cc(OC)c(NC(=O)/C=C/c2ccc(C(=O)NC3CC3)cc2)cc1Cl. The molecular weight excluding hydrogens is 380 g/mol. The van der Waals surface area contributed by atoms with Crippen LogP contribution < -0.4 is 20.1 Å². The van der Waals surface area contributed by atoms with Crippen LogP contribution in [-0.2, 0) is 4.79 Å². The summed E-state index contributed by atoms with van der Waals surface area (Å²) in [6, 6.07) is 10.5. The molecule has 2 aromatic carbocycles. The Hall–Kier alpha value is -2.99. The molecule has 1 aliphatic carbocycles. The van der Waals surface area contributed by atoms with E-state index in [4.69, 9.17) is 21.1 Å². The lowest BCUT2D eigenvalue weighted by Gasteiger charge is -2.12. The number of amides is 2. The molecule has 0 spiro atoms. The number of hydrogen-bond acceptors (Lipinski definition) is 4. The molecule has 6 nitrogen and oxygen atoms in total. The molecule has 0 aliphatic heterocycles. The predicted molar refractivity (Wildman–Crippen MR) is 109 cm³/mol. The van der Waals surface area contributed by atoms with Crippen molar-refractivity contribution in [1.29, 1.82) is 0 Å². The van der Waals surface area contributed by atoms with E-state index in [2.05, 4.69) is 10.6 Å². The van der Waals surface area contributed by atoms with Crippen molar-refractivity contribution < 1.29 is 19.1 Å². The molecule has 0 unspecified atom stereocenters. The van der Waals surface area contributed by atoms with E-state index in [1.807, 2.05) is 0 Å². The fourth-order valence-corrected chi connectivity index (χ4v) is 2.79. The van der Waals surface area contributed by atoms with Gasteiger partial charge in [-0.3, -0.25) is 9.59 Å². The van der Waals surface area contributed by atoms with Gasteiger partial charge in [-0.05, 0) is 42.7 Å². The Morgan fingerprint density at radius 2 is 1.75 bits per heavy atom. The molecule has 2 aromatic rings. The lowest BCUT2D eigenvalue weighted by Crippen LogP contribution is -2.25. The van der Waals surface area contributed by atoms with Gasteiger partial charge in [-0.2, -0.15) is 0 Å². The molecule has 2 N–H and O–H groups in total. The van der Waals surface area contributed by atoms with Crippen molar-refractivity contribution in [3.05, 3.63) is 58.6 Å². The Balaban J connectivity index is 1.63. The predicted octanol–water partition coefficient (Wildman–Crippen LogP) is 3.90. The highest BCUT2D eigenvalue weighted by Gasteiger charge is 2.23. The first-order valence-corrected chi connectivity index (χ1v) is 9.19. The van der Waals surface area contributed by atoms with E-state index in [0.717, 1.165) is 18.4 Å². The van der Waals surface area contributed by atoms with Crippen LogP contribution in [0.1, 0.15) is 28.8 Å². The molecule has 1 fully saturated rings. The van der Waals surface area contributed by atoms with Gasteiger partial charge in [0.1, 0.15) is 11.5 Å². The van der Waals surface area contributed by atoms with E-state index in [-0.39, 0.29) is 11.8 Å². The monoisotopic (exact) mass is 400 g/mol. The highest BCUT2D eigenvalue weighted by Crippen LogP contribution is 2.35. The Kier molecular flexibility index (Phi) is 6.21. The Bertz CT molecular complexity index is 905. The number of hydrogen-bond donors (Lipinski definition) is 2. The second kappa shape index (κ2) is 8.80. The summed E-state index contributed by atoms with van der Waals surface area (Å²) in [5.41, 5.74) is 1.85. The van der Waals surface area contributed by atoms with Crippen LogP contribution in [0.3, 0.4) is 0 Å². The summed E-state index contributed by atoms with van der Waals surface area (Å²) in [5, 5.41) is 6.03. The zero-order chi connectivity index (χ0) is 20.1. The van der Waals surface area contributed by atoms with Crippen LogP contribution in [0.25, 0.3) is 6.08 Å². The minimum Gasteiger partial charge on any atom is -0.495 e. The third-order valence-electron chi connectivity index (χ3n) is 4.24. The molecule has 7 heteroatoms. The Morgan fingerprint density at radius 1 is 1.07 bits per heavy atom. The number of methoxy groups -OCH3 is 2. The molecule has 3 rings (SSSR count). The van der Waals surface area contributed by atoms with Crippen LogP contribution in [-0.4, -0.2) is 32.1 Å². The zero-order valence-corrected chi connectivity index (χ0v) is 16.4. The van der Waals surface area contributed by atoms with Gasteiger partial charge >= 0.3 is 0 Å². The van der Waals surface area contributed by atoms with Gasteiger partial charge in [0, 0.05) is 23.7 Å². The minimum absolute atomic E-state index is 0.0701. The second-order valence-electron chi connectivity index (χ2n) is 6.38. The summed E-state index contributed by atoms with van der Waals surface area (Å²) in [6.45, 7) is 0. The second-order valence-corrected chi connectivity index (χ2v) is 6.79. The normalized spacial score (nSPS) is 13.2. The Morgan fingerprint density at radius 3 is 2.36 bits per heavy atom. The van der Waals surface area contributed by atoms with Crippen LogP contribution in [0.2, 0.25) is 5.02 Å². The number of halogens is 1. The number of nitrogens with one attached hydrogen (secondary N) is 2. The summed E-state index contributed by atoms with van der Waals surface area (Å²) in [4.78, 5) is 24.2. The summed E-state index contributed by atoms with van der Waals surface area (Å²) < 4.78 is 10.4. The summed E-state index contributed by atoms with van der Waals surface area (Å²) in [6.07, 6.45) is 5.16. The van der Waals surface area contributed by atoms with E-state index < -0.39 is 0 Å². The lowest BCUT2D eigenvalue weighted by molar-refractivity contribution is -0.111. The molecule has 0 atom stereocenters. The van der Waals surface area contributed by atoms with Gasteiger partial charge in [0.05, 0.1) is 24.9 Å². The molecular formula is C21H21ClN2O4. The van der Waals surface area contributed by atoms with Crippen molar-refractivity contribution in [2.24, 2.45) is 0 Å². The van der Waals surface area contributed by atoms with E-state index in [9.17, 15) is 9.59 Å². The van der Waals surface area contributed by atoms with E-state index in [0.29, 0.717) is 33.8 Å². The van der Waals surface area contributed by atoms with Gasteiger partial charge in [0.2, 0.25) is 5.91 Å². The molecule has 1 saturated carbocycles. The van der Waals surface area contributed by atoms with Crippen molar-refractivity contribution in [2.75, 3.05) is 19.5 Å². The number of carbonyl (C=O) groups excluding carboxylic acids is 2. The fraction of sp³-hybridized carbons (Fsp3) is 0.238. The molecule has 2 amide bonds. The zero-order valence-electron chi connectivity index (χ0n) is 15.6. The highest BCUT2D eigenvalue weighted by atomic mass is 35.5. The van der Waals surface area contributed by atoms with Gasteiger partial charge in [-0.15, -0.1) is 0 Å². The number of rotatable bonds is 7. The molecule has 28 heavy (non-hydrogen) atoms. The number of ether oxygens (including phenoxy) is 2. The maximum Gasteiger partial charge on any atom is 0.251 e.